The van der Waals surface area contributed by atoms with Gasteiger partial charge in [0.15, 0.2) is 0 Å². The highest BCUT2D eigenvalue weighted by Crippen LogP contribution is 2.43. The number of hydrogen-bond acceptors (Lipinski definition) is 1. The summed E-state index contributed by atoms with van der Waals surface area (Å²) in [6.07, 6.45) is 0.386. The maximum absolute atomic E-state index is 12.7. The van der Waals surface area contributed by atoms with Crippen molar-refractivity contribution in [3.05, 3.63) is 0 Å². The number of carbonyl (C=O) groups is 1. The molecule has 1 fully saturated rings. The fourth-order valence-electron chi connectivity index (χ4n) is 1.52. The molecule has 1 aliphatic rings. The lowest BCUT2D eigenvalue weighted by molar-refractivity contribution is -0.133. The van der Waals surface area contributed by atoms with Crippen LogP contribution in [0.25, 0.3) is 0 Å². The lowest BCUT2D eigenvalue weighted by Gasteiger charge is -2.35. The highest BCUT2D eigenvalue weighted by molar-refractivity contribution is 5.81. The first-order valence-electron chi connectivity index (χ1n) is 4.25. The molecule has 0 aromatic rings. The zero-order valence-corrected chi connectivity index (χ0v) is 7.49. The van der Waals surface area contributed by atoms with Crippen molar-refractivity contribution in [3.63, 3.8) is 0 Å². The summed E-state index contributed by atoms with van der Waals surface area (Å²) in [5.74, 6) is -2.49. The Labute approximate surface area is 71.1 Å². The number of hydrogen-bond donors (Lipinski definition) is 0. The van der Waals surface area contributed by atoms with Crippen molar-refractivity contribution in [3.8, 4) is 0 Å². The van der Waals surface area contributed by atoms with Crippen LogP contribution in [0.3, 0.4) is 0 Å². The van der Waals surface area contributed by atoms with Crippen molar-refractivity contribution >= 4 is 5.78 Å². The van der Waals surface area contributed by atoms with E-state index in [1.54, 1.807) is 6.92 Å². The summed E-state index contributed by atoms with van der Waals surface area (Å²) >= 11 is 0. The number of ketones is 1. The summed E-state index contributed by atoms with van der Waals surface area (Å²) < 4.78 is 25.4. The Morgan fingerprint density at radius 1 is 1.17 bits per heavy atom. The van der Waals surface area contributed by atoms with Gasteiger partial charge in [0.2, 0.25) is 5.92 Å². The minimum Gasteiger partial charge on any atom is -0.299 e. The number of alkyl halides is 2. The van der Waals surface area contributed by atoms with E-state index in [-0.39, 0.29) is 18.6 Å². The third kappa shape index (κ3) is 1.82. The number of halogens is 2. The van der Waals surface area contributed by atoms with Gasteiger partial charge < -0.3 is 0 Å². The van der Waals surface area contributed by atoms with Crippen LogP contribution in [-0.2, 0) is 4.79 Å². The Balaban J connectivity index is 2.62. The molecule has 3 heteroatoms. The van der Waals surface area contributed by atoms with E-state index < -0.39 is 11.3 Å². The normalized spacial score (nSPS) is 26.7. The molecular weight excluding hydrogens is 162 g/mol. The first-order chi connectivity index (χ1) is 5.36. The fraction of sp³-hybridized carbons (Fsp3) is 0.889. The van der Waals surface area contributed by atoms with E-state index >= 15 is 0 Å². The summed E-state index contributed by atoms with van der Waals surface area (Å²) in [6, 6.07) is 0. The van der Waals surface area contributed by atoms with E-state index in [0.29, 0.717) is 12.8 Å². The molecule has 0 saturated heterocycles. The molecule has 0 bridgehead atoms. The second-order valence-corrected chi connectivity index (χ2v) is 3.97. The monoisotopic (exact) mass is 176 g/mol. The lowest BCUT2D eigenvalue weighted by atomic mass is 9.72. The second kappa shape index (κ2) is 2.79. The first-order valence-corrected chi connectivity index (χ1v) is 4.25. The van der Waals surface area contributed by atoms with Crippen molar-refractivity contribution < 1.29 is 13.6 Å². The molecule has 0 N–H and O–H groups in total. The highest BCUT2D eigenvalue weighted by Gasteiger charge is 2.42. The predicted molar refractivity (Wildman–Crippen MR) is 42.2 cm³/mol. The van der Waals surface area contributed by atoms with Gasteiger partial charge in [0.25, 0.3) is 0 Å². The van der Waals surface area contributed by atoms with Crippen molar-refractivity contribution in [1.82, 2.24) is 0 Å². The van der Waals surface area contributed by atoms with Crippen LogP contribution >= 0.6 is 0 Å². The molecule has 1 nitrogen and oxygen atoms in total. The maximum atomic E-state index is 12.7. The molecule has 0 spiro atoms. The first kappa shape index (κ1) is 9.62. The van der Waals surface area contributed by atoms with Crippen LogP contribution in [0.5, 0.6) is 0 Å². The van der Waals surface area contributed by atoms with Crippen LogP contribution in [0.2, 0.25) is 0 Å². The summed E-state index contributed by atoms with van der Waals surface area (Å²) in [7, 11) is 0. The summed E-state index contributed by atoms with van der Waals surface area (Å²) in [6.45, 7) is 3.27. The zero-order chi connectivity index (χ0) is 9.41. The second-order valence-electron chi connectivity index (χ2n) is 3.97. The number of carbonyl (C=O) groups excluding carboxylic acids is 1. The molecule has 0 heterocycles. The number of Topliss-reactive ketones (excluding diaryl/α,β-unsaturated/α-hetero) is 1. The molecule has 70 valence electrons. The minimum atomic E-state index is -2.53. The zero-order valence-electron chi connectivity index (χ0n) is 7.49. The number of rotatable bonds is 1. The van der Waals surface area contributed by atoms with Gasteiger partial charge in [-0.3, -0.25) is 4.79 Å². The van der Waals surface area contributed by atoms with Gasteiger partial charge in [0.05, 0.1) is 0 Å². The van der Waals surface area contributed by atoms with Crippen molar-refractivity contribution in [2.75, 3.05) is 0 Å². The van der Waals surface area contributed by atoms with Gasteiger partial charge in [0, 0.05) is 18.3 Å². The Hall–Kier alpha value is -0.470. The average Bonchev–Trinajstić information content (AvgIpc) is 1.96. The molecule has 0 amide bonds. The lowest BCUT2D eigenvalue weighted by Crippen LogP contribution is -2.35. The van der Waals surface area contributed by atoms with Crippen molar-refractivity contribution in [2.45, 2.75) is 45.5 Å². The molecule has 0 radical (unpaired) electrons. The van der Waals surface area contributed by atoms with Crippen LogP contribution in [-0.4, -0.2) is 11.7 Å². The predicted octanol–water partition coefficient (Wildman–Crippen LogP) is 2.79. The van der Waals surface area contributed by atoms with E-state index in [4.69, 9.17) is 0 Å². The fourth-order valence-corrected chi connectivity index (χ4v) is 1.52. The van der Waals surface area contributed by atoms with Gasteiger partial charge in [-0.15, -0.1) is 0 Å². The highest BCUT2D eigenvalue weighted by atomic mass is 19.3. The molecule has 1 rings (SSSR count). The van der Waals surface area contributed by atoms with Crippen molar-refractivity contribution in [2.24, 2.45) is 5.41 Å². The summed E-state index contributed by atoms with van der Waals surface area (Å²) in [4.78, 5) is 11.1. The smallest absolute Gasteiger partial charge is 0.248 e. The quantitative estimate of drug-likeness (QED) is 0.600. The Morgan fingerprint density at radius 2 is 1.58 bits per heavy atom. The van der Waals surface area contributed by atoms with E-state index in [0.717, 1.165) is 0 Å². The van der Waals surface area contributed by atoms with Crippen LogP contribution < -0.4 is 0 Å². The SMILES string of the molecule is CC(=O)C1(C)CCC(F)(F)CC1. The average molecular weight is 176 g/mol. The van der Waals surface area contributed by atoms with Gasteiger partial charge in [-0.2, -0.15) is 0 Å². The third-order valence-electron chi connectivity index (χ3n) is 2.94. The standard InChI is InChI=1S/C9H14F2O/c1-7(12)8(2)3-5-9(10,11)6-4-8/h3-6H2,1-2H3. The molecule has 0 aromatic heterocycles. The van der Waals surface area contributed by atoms with Crippen LogP contribution in [0.1, 0.15) is 39.5 Å². The van der Waals surface area contributed by atoms with Gasteiger partial charge in [-0.25, -0.2) is 8.78 Å². The Bertz CT molecular complexity index is 189. The van der Waals surface area contributed by atoms with E-state index in [9.17, 15) is 13.6 Å². The van der Waals surface area contributed by atoms with Crippen LogP contribution in [0.4, 0.5) is 8.78 Å². The molecule has 0 aromatic carbocycles. The van der Waals surface area contributed by atoms with E-state index in [2.05, 4.69) is 0 Å². The van der Waals surface area contributed by atoms with Crippen LogP contribution in [0, 0.1) is 5.41 Å². The largest absolute Gasteiger partial charge is 0.299 e. The molecule has 1 saturated carbocycles. The minimum absolute atomic E-state index is 0.0398. The van der Waals surface area contributed by atoms with Gasteiger partial charge >= 0.3 is 0 Å². The molecule has 0 aliphatic heterocycles. The van der Waals surface area contributed by atoms with E-state index in [1.807, 2.05) is 0 Å². The van der Waals surface area contributed by atoms with Gasteiger partial charge in [-0.05, 0) is 19.8 Å². The molecular formula is C9H14F2O. The summed E-state index contributed by atoms with van der Waals surface area (Å²) in [5.41, 5.74) is -0.484. The maximum Gasteiger partial charge on any atom is 0.248 e. The van der Waals surface area contributed by atoms with Gasteiger partial charge in [0.1, 0.15) is 5.78 Å². The van der Waals surface area contributed by atoms with Crippen molar-refractivity contribution in [1.29, 1.82) is 0 Å². The third-order valence-corrected chi connectivity index (χ3v) is 2.94. The molecule has 12 heavy (non-hydrogen) atoms. The van der Waals surface area contributed by atoms with Gasteiger partial charge in [-0.1, -0.05) is 6.92 Å². The molecule has 1 aliphatic carbocycles. The molecule has 0 unspecified atom stereocenters. The Kier molecular flexibility index (Phi) is 2.23. The molecule has 0 atom stereocenters. The Morgan fingerprint density at radius 3 is 1.92 bits per heavy atom. The topological polar surface area (TPSA) is 17.1 Å². The summed E-state index contributed by atoms with van der Waals surface area (Å²) in [5, 5.41) is 0. The van der Waals surface area contributed by atoms with E-state index in [1.165, 1.54) is 6.92 Å². The van der Waals surface area contributed by atoms with Crippen LogP contribution in [0.15, 0.2) is 0 Å².